The molecule has 0 bridgehead atoms. The van der Waals surface area contributed by atoms with E-state index in [0.717, 1.165) is 12.8 Å². The molecular formula is C10H12Cl4. The van der Waals surface area contributed by atoms with E-state index in [4.69, 9.17) is 46.4 Å². The van der Waals surface area contributed by atoms with Crippen molar-refractivity contribution in [2.24, 2.45) is 23.7 Å². The topological polar surface area (TPSA) is 0 Å². The van der Waals surface area contributed by atoms with Crippen LogP contribution in [0.4, 0.5) is 0 Å². The van der Waals surface area contributed by atoms with Gasteiger partial charge in [-0.25, -0.2) is 0 Å². The van der Waals surface area contributed by atoms with Crippen molar-refractivity contribution in [3.8, 4) is 0 Å². The van der Waals surface area contributed by atoms with Crippen LogP contribution in [0.2, 0.25) is 0 Å². The van der Waals surface area contributed by atoms with Crippen LogP contribution in [0.5, 0.6) is 0 Å². The van der Waals surface area contributed by atoms with Gasteiger partial charge in [-0.15, -0.1) is 46.4 Å². The Hall–Kier alpha value is 1.16. The number of halogens is 4. The maximum Gasteiger partial charge on any atom is 0.125 e. The van der Waals surface area contributed by atoms with Crippen molar-refractivity contribution in [1.82, 2.24) is 0 Å². The zero-order valence-electron chi connectivity index (χ0n) is 7.65. The second-order valence-corrected chi connectivity index (χ2v) is 7.79. The Balaban J connectivity index is 1.85. The summed E-state index contributed by atoms with van der Waals surface area (Å²) in [5.41, 5.74) is 0. The monoisotopic (exact) mass is 272 g/mol. The van der Waals surface area contributed by atoms with Gasteiger partial charge in [-0.1, -0.05) is 12.8 Å². The predicted octanol–water partition coefficient (Wildman–Crippen LogP) is 4.40. The quantitative estimate of drug-likeness (QED) is 0.574. The Kier molecular flexibility index (Phi) is 2.13. The number of fused-ring (bicyclic) bond motifs is 3. The molecule has 4 heteroatoms. The van der Waals surface area contributed by atoms with Crippen LogP contribution in [0.3, 0.4) is 0 Å². The first-order chi connectivity index (χ1) is 6.47. The molecule has 0 aromatic rings. The maximum absolute atomic E-state index is 6.26. The summed E-state index contributed by atoms with van der Waals surface area (Å²) >= 11 is 25.0. The summed E-state index contributed by atoms with van der Waals surface area (Å²) in [6.45, 7) is 0. The predicted molar refractivity (Wildman–Crippen MR) is 61.3 cm³/mol. The van der Waals surface area contributed by atoms with Crippen molar-refractivity contribution in [2.45, 2.75) is 34.3 Å². The largest absolute Gasteiger partial charge is 0.125 e. The highest BCUT2D eigenvalue weighted by molar-refractivity contribution is 6.53. The van der Waals surface area contributed by atoms with Crippen LogP contribution < -0.4 is 0 Å². The molecule has 0 radical (unpaired) electrons. The number of hydrogen-bond acceptors (Lipinski definition) is 0. The van der Waals surface area contributed by atoms with E-state index in [1.165, 1.54) is 12.8 Å². The summed E-state index contributed by atoms with van der Waals surface area (Å²) in [4.78, 5) is 0. The Bertz CT molecular complexity index is 245. The highest BCUT2D eigenvalue weighted by atomic mass is 35.5. The summed E-state index contributed by atoms with van der Waals surface area (Å²) in [5, 5.41) is 0. The minimum atomic E-state index is -0.529. The van der Waals surface area contributed by atoms with Gasteiger partial charge in [-0.05, 0) is 24.7 Å². The first-order valence-electron chi connectivity index (χ1n) is 5.23. The Morgan fingerprint density at radius 2 is 1.07 bits per heavy atom. The van der Waals surface area contributed by atoms with Gasteiger partial charge in [0, 0.05) is 11.8 Å². The molecule has 3 aliphatic rings. The third-order valence-corrected chi connectivity index (χ3v) is 6.32. The van der Waals surface area contributed by atoms with Crippen LogP contribution in [-0.2, 0) is 0 Å². The Morgan fingerprint density at radius 1 is 0.714 bits per heavy atom. The molecule has 3 rings (SSSR count). The van der Waals surface area contributed by atoms with Gasteiger partial charge in [0.05, 0.1) is 0 Å². The Morgan fingerprint density at radius 3 is 1.43 bits per heavy atom. The average Bonchev–Trinajstić information content (AvgIpc) is 2.67. The molecule has 3 saturated carbocycles. The molecular weight excluding hydrogens is 262 g/mol. The molecule has 3 fully saturated rings. The first kappa shape index (κ1) is 10.3. The maximum atomic E-state index is 6.26. The van der Waals surface area contributed by atoms with Crippen LogP contribution in [-0.4, -0.2) is 8.67 Å². The second-order valence-electron chi connectivity index (χ2n) is 4.90. The van der Waals surface area contributed by atoms with Gasteiger partial charge in [0.2, 0.25) is 0 Å². The van der Waals surface area contributed by atoms with Crippen LogP contribution in [0.15, 0.2) is 0 Å². The minimum absolute atomic E-state index is 0.353. The molecule has 0 aliphatic heterocycles. The zero-order chi connectivity index (χ0) is 10.1. The minimum Gasteiger partial charge on any atom is -0.101 e. The second kappa shape index (κ2) is 2.88. The first-order valence-corrected chi connectivity index (χ1v) is 6.74. The van der Waals surface area contributed by atoms with Crippen molar-refractivity contribution >= 4 is 46.4 Å². The highest BCUT2D eigenvalue weighted by Gasteiger charge is 2.78. The number of rotatable bonds is 0. The molecule has 0 amide bonds. The number of hydrogen-bond donors (Lipinski definition) is 0. The lowest BCUT2D eigenvalue weighted by atomic mass is 10.0. The van der Waals surface area contributed by atoms with Gasteiger partial charge in [0.15, 0.2) is 0 Å². The molecule has 80 valence electrons. The molecule has 3 aliphatic carbocycles. The molecule has 4 atom stereocenters. The molecule has 0 heterocycles. The van der Waals surface area contributed by atoms with Gasteiger partial charge in [-0.3, -0.25) is 0 Å². The van der Waals surface area contributed by atoms with Gasteiger partial charge < -0.3 is 0 Å². The fraction of sp³-hybridized carbons (Fsp3) is 1.00. The standard InChI is InChI=1S/C10H12Cl4/c11-9(12)5-3-1-2-4-6-8(7(5)9)10(6,13)14/h5-8H,1-4H2/t5-,6+,7-,8-/m1/s1. The molecule has 0 saturated heterocycles. The van der Waals surface area contributed by atoms with Crippen molar-refractivity contribution in [1.29, 1.82) is 0 Å². The third-order valence-electron chi connectivity index (χ3n) is 4.19. The van der Waals surface area contributed by atoms with E-state index in [2.05, 4.69) is 0 Å². The van der Waals surface area contributed by atoms with Crippen molar-refractivity contribution in [2.75, 3.05) is 0 Å². The fourth-order valence-corrected chi connectivity index (χ4v) is 5.16. The van der Waals surface area contributed by atoms with Gasteiger partial charge in [-0.2, -0.15) is 0 Å². The third kappa shape index (κ3) is 1.21. The fourth-order valence-electron chi connectivity index (χ4n) is 3.28. The molecule has 0 N–H and O–H groups in total. The molecule has 0 nitrogen and oxygen atoms in total. The summed E-state index contributed by atoms with van der Waals surface area (Å²) in [5.74, 6) is 1.59. The lowest BCUT2D eigenvalue weighted by Gasteiger charge is -2.03. The lowest BCUT2D eigenvalue weighted by molar-refractivity contribution is 0.467. The van der Waals surface area contributed by atoms with E-state index in [1.807, 2.05) is 0 Å². The lowest BCUT2D eigenvalue weighted by Crippen LogP contribution is -1.98. The van der Waals surface area contributed by atoms with E-state index in [9.17, 15) is 0 Å². The average molecular weight is 274 g/mol. The van der Waals surface area contributed by atoms with Crippen molar-refractivity contribution in [3.63, 3.8) is 0 Å². The molecule has 0 aromatic carbocycles. The molecule has 0 spiro atoms. The van der Waals surface area contributed by atoms with Crippen LogP contribution >= 0.6 is 46.4 Å². The molecule has 0 unspecified atom stereocenters. The van der Waals surface area contributed by atoms with Gasteiger partial charge >= 0.3 is 0 Å². The van der Waals surface area contributed by atoms with E-state index in [-0.39, 0.29) is 0 Å². The van der Waals surface area contributed by atoms with E-state index in [1.54, 1.807) is 0 Å². The number of alkyl halides is 4. The summed E-state index contributed by atoms with van der Waals surface area (Å²) < 4.78 is -1.06. The van der Waals surface area contributed by atoms with Crippen LogP contribution in [0.25, 0.3) is 0 Å². The smallest absolute Gasteiger partial charge is 0.101 e. The molecule has 0 aromatic heterocycles. The SMILES string of the molecule is ClC1(Cl)[C@H]2[C@H]3[C@H](CCCC[C@H]21)C3(Cl)Cl. The van der Waals surface area contributed by atoms with Gasteiger partial charge in [0.1, 0.15) is 8.67 Å². The normalized spacial score (nSPS) is 52.3. The van der Waals surface area contributed by atoms with Crippen LogP contribution in [0.1, 0.15) is 25.7 Å². The van der Waals surface area contributed by atoms with Crippen LogP contribution in [0, 0.1) is 23.7 Å². The van der Waals surface area contributed by atoms with E-state index < -0.39 is 8.67 Å². The van der Waals surface area contributed by atoms with Crippen molar-refractivity contribution in [3.05, 3.63) is 0 Å². The summed E-state index contributed by atoms with van der Waals surface area (Å²) in [6.07, 6.45) is 4.72. The summed E-state index contributed by atoms with van der Waals surface area (Å²) in [7, 11) is 0. The summed E-state index contributed by atoms with van der Waals surface area (Å²) in [6, 6.07) is 0. The highest BCUT2D eigenvalue weighted by Crippen LogP contribution is 2.77. The van der Waals surface area contributed by atoms with Crippen molar-refractivity contribution < 1.29 is 0 Å². The van der Waals surface area contributed by atoms with Gasteiger partial charge in [0.25, 0.3) is 0 Å². The zero-order valence-corrected chi connectivity index (χ0v) is 10.7. The van der Waals surface area contributed by atoms with E-state index >= 15 is 0 Å². The Labute approximate surface area is 104 Å². The van der Waals surface area contributed by atoms with E-state index in [0.29, 0.717) is 23.7 Å². The molecule has 14 heavy (non-hydrogen) atoms.